The fraction of sp³-hybridized carbons (Fsp3) is 0.647. The van der Waals surface area contributed by atoms with Gasteiger partial charge in [-0.25, -0.2) is 4.39 Å². The van der Waals surface area contributed by atoms with E-state index in [4.69, 9.17) is 0 Å². The molecule has 2 heteroatoms. The fourth-order valence-electron chi connectivity index (χ4n) is 3.52. The molecule has 0 spiro atoms. The lowest BCUT2D eigenvalue weighted by Gasteiger charge is -2.33. The maximum atomic E-state index is 13.3. The largest absolute Gasteiger partial charge is 0.314 e. The molecule has 2 aliphatic rings. The van der Waals surface area contributed by atoms with Crippen LogP contribution in [-0.2, 0) is 0 Å². The van der Waals surface area contributed by atoms with E-state index in [-0.39, 0.29) is 5.82 Å². The number of aryl methyl sites for hydroxylation is 1. The summed E-state index contributed by atoms with van der Waals surface area (Å²) in [5.74, 6) is 1.25. The summed E-state index contributed by atoms with van der Waals surface area (Å²) in [6.07, 6.45) is 7.97. The van der Waals surface area contributed by atoms with Gasteiger partial charge in [-0.05, 0) is 74.2 Å². The predicted octanol–water partition coefficient (Wildman–Crippen LogP) is 4.16. The molecule has 0 saturated heterocycles. The van der Waals surface area contributed by atoms with Crippen molar-refractivity contribution in [3.63, 3.8) is 0 Å². The van der Waals surface area contributed by atoms with Crippen molar-refractivity contribution in [2.24, 2.45) is 5.92 Å². The van der Waals surface area contributed by atoms with Gasteiger partial charge in [0.25, 0.3) is 0 Å². The van der Waals surface area contributed by atoms with Gasteiger partial charge in [-0.3, -0.25) is 0 Å². The highest BCUT2D eigenvalue weighted by molar-refractivity contribution is 5.31. The molecule has 0 bridgehead atoms. The number of rotatable bonds is 4. The van der Waals surface area contributed by atoms with E-state index in [1.54, 1.807) is 12.1 Å². The van der Waals surface area contributed by atoms with Crippen LogP contribution < -0.4 is 5.32 Å². The van der Waals surface area contributed by atoms with Crippen molar-refractivity contribution in [2.45, 2.75) is 57.4 Å². The number of halogens is 1. The van der Waals surface area contributed by atoms with Gasteiger partial charge in [-0.2, -0.15) is 0 Å². The Bertz CT molecular complexity index is 439. The first-order valence-corrected chi connectivity index (χ1v) is 7.73. The molecule has 1 aromatic rings. The summed E-state index contributed by atoms with van der Waals surface area (Å²) >= 11 is 0. The van der Waals surface area contributed by atoms with Crippen LogP contribution in [0.3, 0.4) is 0 Å². The minimum absolute atomic E-state index is 0.107. The standard InChI is InChI=1S/C17H24FN/c1-12-10-14(18)6-9-16(12)17-5-3-2-4-13(17)11-19-15-7-8-15/h6,9-10,13,15,17,19H,2-5,7-8,11H2,1H3. The molecule has 1 nitrogen and oxygen atoms in total. The number of hydrogen-bond donors (Lipinski definition) is 1. The molecule has 2 saturated carbocycles. The summed E-state index contributed by atoms with van der Waals surface area (Å²) in [5.41, 5.74) is 2.51. The highest BCUT2D eigenvalue weighted by Crippen LogP contribution is 2.39. The molecular weight excluding hydrogens is 237 g/mol. The van der Waals surface area contributed by atoms with E-state index in [1.165, 1.54) is 44.1 Å². The van der Waals surface area contributed by atoms with E-state index in [0.717, 1.165) is 24.1 Å². The van der Waals surface area contributed by atoms with Crippen LogP contribution in [-0.4, -0.2) is 12.6 Å². The minimum atomic E-state index is -0.107. The van der Waals surface area contributed by atoms with Crippen LogP contribution in [0.1, 0.15) is 55.6 Å². The van der Waals surface area contributed by atoms with E-state index in [1.807, 2.05) is 6.07 Å². The first-order valence-electron chi connectivity index (χ1n) is 7.73. The molecule has 2 atom stereocenters. The SMILES string of the molecule is Cc1cc(F)ccc1C1CCCCC1CNC1CC1. The monoisotopic (exact) mass is 261 g/mol. The van der Waals surface area contributed by atoms with Crippen LogP contribution in [0.4, 0.5) is 4.39 Å². The Morgan fingerprint density at radius 3 is 2.68 bits per heavy atom. The van der Waals surface area contributed by atoms with Gasteiger partial charge in [0.15, 0.2) is 0 Å². The van der Waals surface area contributed by atoms with Crippen LogP contribution in [0.5, 0.6) is 0 Å². The van der Waals surface area contributed by atoms with Gasteiger partial charge in [-0.15, -0.1) is 0 Å². The smallest absolute Gasteiger partial charge is 0.123 e. The quantitative estimate of drug-likeness (QED) is 0.858. The summed E-state index contributed by atoms with van der Waals surface area (Å²) in [7, 11) is 0. The van der Waals surface area contributed by atoms with Crippen molar-refractivity contribution in [1.29, 1.82) is 0 Å². The Kier molecular flexibility index (Phi) is 3.88. The number of hydrogen-bond acceptors (Lipinski definition) is 1. The van der Waals surface area contributed by atoms with Crippen LogP contribution in [0, 0.1) is 18.7 Å². The van der Waals surface area contributed by atoms with Crippen molar-refractivity contribution in [3.05, 3.63) is 35.1 Å². The van der Waals surface area contributed by atoms with E-state index >= 15 is 0 Å². The van der Waals surface area contributed by atoms with Gasteiger partial charge in [0.2, 0.25) is 0 Å². The summed E-state index contributed by atoms with van der Waals surface area (Å²) in [6.45, 7) is 3.20. The molecule has 1 aromatic carbocycles. The zero-order valence-electron chi connectivity index (χ0n) is 11.8. The average molecular weight is 261 g/mol. The lowest BCUT2D eigenvalue weighted by Crippen LogP contribution is -2.31. The Morgan fingerprint density at radius 1 is 1.16 bits per heavy atom. The molecule has 19 heavy (non-hydrogen) atoms. The third kappa shape index (κ3) is 3.17. The number of nitrogens with one attached hydrogen (secondary N) is 1. The molecule has 1 N–H and O–H groups in total. The van der Waals surface area contributed by atoms with Gasteiger partial charge in [-0.1, -0.05) is 18.9 Å². The first kappa shape index (κ1) is 13.1. The zero-order valence-corrected chi connectivity index (χ0v) is 11.8. The fourth-order valence-corrected chi connectivity index (χ4v) is 3.52. The molecule has 2 fully saturated rings. The Balaban J connectivity index is 1.74. The van der Waals surface area contributed by atoms with Crippen molar-refractivity contribution in [2.75, 3.05) is 6.54 Å². The third-order valence-corrected chi connectivity index (χ3v) is 4.79. The van der Waals surface area contributed by atoms with Gasteiger partial charge in [0, 0.05) is 6.04 Å². The second kappa shape index (κ2) is 5.62. The molecule has 0 aromatic heterocycles. The summed E-state index contributed by atoms with van der Waals surface area (Å²) in [4.78, 5) is 0. The van der Waals surface area contributed by atoms with Crippen LogP contribution in [0.2, 0.25) is 0 Å². The second-order valence-corrected chi connectivity index (χ2v) is 6.33. The molecule has 2 aliphatic carbocycles. The second-order valence-electron chi connectivity index (χ2n) is 6.33. The number of benzene rings is 1. The van der Waals surface area contributed by atoms with Crippen molar-refractivity contribution in [3.8, 4) is 0 Å². The van der Waals surface area contributed by atoms with Crippen LogP contribution >= 0.6 is 0 Å². The normalized spacial score (nSPS) is 27.5. The Hall–Kier alpha value is -0.890. The van der Waals surface area contributed by atoms with Gasteiger partial charge >= 0.3 is 0 Å². The molecule has 0 aliphatic heterocycles. The lowest BCUT2D eigenvalue weighted by molar-refractivity contribution is 0.294. The maximum absolute atomic E-state index is 13.3. The molecule has 0 heterocycles. The first-order chi connectivity index (χ1) is 9.24. The van der Waals surface area contributed by atoms with E-state index in [9.17, 15) is 4.39 Å². The van der Waals surface area contributed by atoms with Gasteiger partial charge in [0.1, 0.15) is 5.82 Å². The summed E-state index contributed by atoms with van der Waals surface area (Å²) in [5, 5.41) is 3.68. The third-order valence-electron chi connectivity index (χ3n) is 4.79. The maximum Gasteiger partial charge on any atom is 0.123 e. The minimum Gasteiger partial charge on any atom is -0.314 e. The Morgan fingerprint density at radius 2 is 1.95 bits per heavy atom. The molecule has 0 amide bonds. The van der Waals surface area contributed by atoms with Crippen molar-refractivity contribution in [1.82, 2.24) is 5.32 Å². The molecular formula is C17H24FN. The van der Waals surface area contributed by atoms with E-state index in [0.29, 0.717) is 5.92 Å². The summed E-state index contributed by atoms with van der Waals surface area (Å²) in [6, 6.07) is 6.12. The van der Waals surface area contributed by atoms with Crippen molar-refractivity contribution < 1.29 is 4.39 Å². The van der Waals surface area contributed by atoms with E-state index in [2.05, 4.69) is 12.2 Å². The van der Waals surface area contributed by atoms with Gasteiger partial charge in [0.05, 0.1) is 0 Å². The summed E-state index contributed by atoms with van der Waals surface area (Å²) < 4.78 is 13.3. The average Bonchev–Trinajstić information content (AvgIpc) is 3.21. The molecule has 104 valence electrons. The van der Waals surface area contributed by atoms with Gasteiger partial charge < -0.3 is 5.32 Å². The topological polar surface area (TPSA) is 12.0 Å². The van der Waals surface area contributed by atoms with E-state index < -0.39 is 0 Å². The predicted molar refractivity (Wildman–Crippen MR) is 76.9 cm³/mol. The van der Waals surface area contributed by atoms with Crippen molar-refractivity contribution >= 4 is 0 Å². The highest BCUT2D eigenvalue weighted by Gasteiger charge is 2.29. The highest BCUT2D eigenvalue weighted by atomic mass is 19.1. The Labute approximate surface area is 115 Å². The molecule has 2 unspecified atom stereocenters. The lowest BCUT2D eigenvalue weighted by atomic mass is 9.74. The van der Waals surface area contributed by atoms with Crippen LogP contribution in [0.25, 0.3) is 0 Å². The van der Waals surface area contributed by atoms with Crippen LogP contribution in [0.15, 0.2) is 18.2 Å². The molecule has 3 rings (SSSR count). The zero-order chi connectivity index (χ0) is 13.2. The molecule has 0 radical (unpaired) electrons.